The Bertz CT molecular complexity index is 905. The van der Waals surface area contributed by atoms with E-state index in [0.29, 0.717) is 48.3 Å². The van der Waals surface area contributed by atoms with Crippen molar-refractivity contribution < 1.29 is 28.5 Å². The number of hydrogen-bond donors (Lipinski definition) is 0. The zero-order valence-corrected chi connectivity index (χ0v) is 24.1. The summed E-state index contributed by atoms with van der Waals surface area (Å²) in [5.41, 5.74) is 1.67. The number of hydrogen-bond acceptors (Lipinski definition) is 6. The molecule has 0 aliphatic carbocycles. The molecular weight excluding hydrogens is 480 g/mol. The lowest BCUT2D eigenvalue weighted by Gasteiger charge is -2.20. The van der Waals surface area contributed by atoms with E-state index in [1.54, 1.807) is 0 Å². The summed E-state index contributed by atoms with van der Waals surface area (Å²) in [6.45, 7) is 9.07. The first-order valence-corrected chi connectivity index (χ1v) is 14.8. The third kappa shape index (κ3) is 10.2. The molecule has 2 aromatic rings. The third-order valence-corrected chi connectivity index (χ3v) is 6.84. The number of fused-ring (bicyclic) bond motifs is 1. The smallest absolute Gasteiger partial charge is 0.434 e. The van der Waals surface area contributed by atoms with Crippen molar-refractivity contribution in [2.75, 3.05) is 13.2 Å². The molecule has 0 bridgehead atoms. The molecule has 0 amide bonds. The number of carbonyl (C=O) groups is 2. The Balaban J connectivity index is 2.10. The lowest BCUT2D eigenvalue weighted by Crippen LogP contribution is -2.16. The summed E-state index contributed by atoms with van der Waals surface area (Å²) in [5, 5.41) is 1.41. The number of ether oxygens (including phenoxy) is 4. The van der Waals surface area contributed by atoms with Gasteiger partial charge in [0.1, 0.15) is 11.5 Å². The highest BCUT2D eigenvalue weighted by molar-refractivity contribution is 5.98. The Morgan fingerprint density at radius 2 is 0.921 bits per heavy atom. The van der Waals surface area contributed by atoms with Gasteiger partial charge in [-0.25, -0.2) is 9.59 Å². The molecule has 38 heavy (non-hydrogen) atoms. The Morgan fingerprint density at radius 1 is 0.553 bits per heavy atom. The van der Waals surface area contributed by atoms with Gasteiger partial charge in [-0.3, -0.25) is 0 Å². The van der Waals surface area contributed by atoms with Crippen molar-refractivity contribution >= 4 is 23.1 Å². The average molecular weight is 529 g/mol. The summed E-state index contributed by atoms with van der Waals surface area (Å²) in [6, 6.07) is 7.50. The van der Waals surface area contributed by atoms with E-state index in [4.69, 9.17) is 18.9 Å². The first-order chi connectivity index (χ1) is 18.6. The van der Waals surface area contributed by atoms with Crippen LogP contribution in [0, 0.1) is 0 Å². The van der Waals surface area contributed by atoms with Gasteiger partial charge in [-0.05, 0) is 25.7 Å². The maximum Gasteiger partial charge on any atom is 0.513 e. The minimum atomic E-state index is -0.701. The summed E-state index contributed by atoms with van der Waals surface area (Å²) in [4.78, 5) is 25.2. The van der Waals surface area contributed by atoms with Crippen LogP contribution in [0.5, 0.6) is 11.5 Å². The molecule has 0 aliphatic rings. The third-order valence-electron chi connectivity index (χ3n) is 6.84. The van der Waals surface area contributed by atoms with Crippen LogP contribution in [0.4, 0.5) is 9.59 Å². The van der Waals surface area contributed by atoms with Crippen LogP contribution in [0.1, 0.15) is 116 Å². The van der Waals surface area contributed by atoms with Crippen molar-refractivity contribution in [2.24, 2.45) is 0 Å². The Morgan fingerprint density at radius 3 is 1.29 bits per heavy atom. The fourth-order valence-electron chi connectivity index (χ4n) is 4.76. The molecule has 2 rings (SSSR count). The van der Waals surface area contributed by atoms with Gasteiger partial charge in [0.05, 0.1) is 13.2 Å². The van der Waals surface area contributed by atoms with Crippen LogP contribution in [0.3, 0.4) is 0 Å². The number of unbranched alkanes of at least 4 members (excludes halogenated alkanes) is 10. The van der Waals surface area contributed by atoms with Crippen molar-refractivity contribution in [3.63, 3.8) is 0 Å². The van der Waals surface area contributed by atoms with E-state index >= 15 is 0 Å². The number of benzene rings is 2. The molecule has 6 heteroatoms. The highest BCUT2D eigenvalue weighted by Crippen LogP contribution is 2.42. The molecular formula is C32H48O6. The SMILES string of the molecule is CCCCCCCCOC(=O)Oc1c(CC)c(CC)c(OC(=O)OCCCCCCCC)c2ccccc12. The van der Waals surface area contributed by atoms with Crippen LogP contribution in [-0.4, -0.2) is 25.5 Å². The van der Waals surface area contributed by atoms with Gasteiger partial charge in [0.25, 0.3) is 0 Å². The summed E-state index contributed by atoms with van der Waals surface area (Å²) < 4.78 is 22.3. The van der Waals surface area contributed by atoms with E-state index in [0.717, 1.165) is 49.7 Å². The van der Waals surface area contributed by atoms with Gasteiger partial charge < -0.3 is 18.9 Å². The predicted molar refractivity (Wildman–Crippen MR) is 153 cm³/mol. The maximum absolute atomic E-state index is 12.6. The summed E-state index contributed by atoms with van der Waals surface area (Å²) in [7, 11) is 0. The average Bonchev–Trinajstić information content (AvgIpc) is 2.93. The number of carbonyl (C=O) groups excluding carboxylic acids is 2. The highest BCUT2D eigenvalue weighted by Gasteiger charge is 2.24. The Kier molecular flexibility index (Phi) is 15.3. The molecule has 6 nitrogen and oxygen atoms in total. The monoisotopic (exact) mass is 528 g/mol. The minimum absolute atomic E-state index is 0.344. The van der Waals surface area contributed by atoms with Crippen molar-refractivity contribution in [3.05, 3.63) is 35.4 Å². The van der Waals surface area contributed by atoms with Crippen LogP contribution < -0.4 is 9.47 Å². The van der Waals surface area contributed by atoms with E-state index in [1.807, 2.05) is 38.1 Å². The first kappa shape index (κ1) is 31.5. The van der Waals surface area contributed by atoms with Crippen molar-refractivity contribution in [3.8, 4) is 11.5 Å². The number of rotatable bonds is 18. The lowest BCUT2D eigenvalue weighted by atomic mass is 9.94. The molecule has 0 heterocycles. The molecule has 0 spiro atoms. The quantitative estimate of drug-likeness (QED) is 0.109. The van der Waals surface area contributed by atoms with E-state index in [1.165, 1.54) is 38.5 Å². The predicted octanol–water partition coefficient (Wildman–Crippen LogP) is 9.72. The van der Waals surface area contributed by atoms with Crippen LogP contribution >= 0.6 is 0 Å². The fourth-order valence-corrected chi connectivity index (χ4v) is 4.76. The molecule has 0 fully saturated rings. The van der Waals surface area contributed by atoms with Gasteiger partial charge in [-0.2, -0.15) is 0 Å². The summed E-state index contributed by atoms with van der Waals surface area (Å²) in [5.74, 6) is 0.946. The van der Waals surface area contributed by atoms with Crippen LogP contribution in [-0.2, 0) is 22.3 Å². The van der Waals surface area contributed by atoms with Gasteiger partial charge in [-0.1, -0.05) is 116 Å². The van der Waals surface area contributed by atoms with E-state index in [9.17, 15) is 9.59 Å². The molecule has 2 aromatic carbocycles. The first-order valence-electron chi connectivity index (χ1n) is 14.8. The van der Waals surface area contributed by atoms with Gasteiger partial charge in [0, 0.05) is 21.9 Å². The Labute approximate surface area is 229 Å². The van der Waals surface area contributed by atoms with Crippen molar-refractivity contribution in [1.82, 2.24) is 0 Å². The molecule has 0 saturated carbocycles. The maximum atomic E-state index is 12.6. The molecule has 0 radical (unpaired) electrons. The second-order valence-electron chi connectivity index (χ2n) is 9.80. The summed E-state index contributed by atoms with van der Waals surface area (Å²) >= 11 is 0. The topological polar surface area (TPSA) is 71.1 Å². The normalized spacial score (nSPS) is 10.9. The zero-order chi connectivity index (χ0) is 27.6. The lowest BCUT2D eigenvalue weighted by molar-refractivity contribution is 0.0953. The molecule has 0 aliphatic heterocycles. The Hall–Kier alpha value is -2.76. The molecule has 0 atom stereocenters. The largest absolute Gasteiger partial charge is 0.513 e. The van der Waals surface area contributed by atoms with E-state index in [2.05, 4.69) is 13.8 Å². The second-order valence-corrected chi connectivity index (χ2v) is 9.80. The van der Waals surface area contributed by atoms with Gasteiger partial charge in [-0.15, -0.1) is 0 Å². The standard InChI is InChI=1S/C32H48O6/c1-5-9-11-13-15-19-23-35-31(33)37-29-25(7-3)26(8-4)30(28-22-18-17-21-27(28)29)38-32(34)36-24-20-16-14-12-10-6-2/h17-18,21-22H,5-16,19-20,23-24H2,1-4H3. The van der Waals surface area contributed by atoms with Crippen molar-refractivity contribution in [2.45, 2.75) is 118 Å². The fraction of sp³-hybridized carbons (Fsp3) is 0.625. The molecule has 0 N–H and O–H groups in total. The van der Waals surface area contributed by atoms with Crippen LogP contribution in [0.15, 0.2) is 24.3 Å². The molecule has 0 aromatic heterocycles. The van der Waals surface area contributed by atoms with E-state index < -0.39 is 12.3 Å². The molecule has 0 unspecified atom stereocenters. The minimum Gasteiger partial charge on any atom is -0.434 e. The van der Waals surface area contributed by atoms with Gasteiger partial charge in [0.15, 0.2) is 0 Å². The van der Waals surface area contributed by atoms with Gasteiger partial charge in [0.2, 0.25) is 0 Å². The van der Waals surface area contributed by atoms with Crippen LogP contribution in [0.25, 0.3) is 10.8 Å². The molecule has 0 saturated heterocycles. The molecule has 212 valence electrons. The van der Waals surface area contributed by atoms with E-state index in [-0.39, 0.29) is 0 Å². The zero-order valence-electron chi connectivity index (χ0n) is 24.1. The van der Waals surface area contributed by atoms with Crippen molar-refractivity contribution in [1.29, 1.82) is 0 Å². The van der Waals surface area contributed by atoms with Gasteiger partial charge >= 0.3 is 12.3 Å². The van der Waals surface area contributed by atoms with Crippen LogP contribution in [0.2, 0.25) is 0 Å². The second kappa shape index (κ2) is 18.5. The highest BCUT2D eigenvalue weighted by atomic mass is 16.7. The summed E-state index contributed by atoms with van der Waals surface area (Å²) in [6.07, 6.45) is 13.2.